The maximum absolute atomic E-state index is 13.2. The molecular weight excluding hydrogens is 214 g/mol. The Hall–Kier alpha value is -0.570. The molecule has 0 radical (unpaired) electrons. The number of hydrogen-bond acceptors (Lipinski definition) is 1. The first-order chi connectivity index (χ1) is 7.25. The molecule has 15 heavy (non-hydrogen) atoms. The summed E-state index contributed by atoms with van der Waals surface area (Å²) < 4.78 is 26.2. The van der Waals surface area contributed by atoms with Crippen LogP contribution in [0, 0.1) is 17.6 Å². The van der Waals surface area contributed by atoms with E-state index in [1.165, 1.54) is 25.0 Å². The summed E-state index contributed by atoms with van der Waals surface area (Å²) in [5, 5.41) is 0. The van der Waals surface area contributed by atoms with Crippen LogP contribution in [0.2, 0.25) is 0 Å². The second-order valence-corrected chi connectivity index (χ2v) is 5.52. The average Bonchev–Trinajstić information content (AvgIpc) is 3.02. The van der Waals surface area contributed by atoms with Gasteiger partial charge in [-0.25, -0.2) is 8.78 Å². The van der Waals surface area contributed by atoms with E-state index in [2.05, 4.69) is 0 Å². The van der Waals surface area contributed by atoms with Crippen LogP contribution in [0.25, 0.3) is 0 Å². The predicted octanol–water partition coefficient (Wildman–Crippen LogP) is 3.95. The summed E-state index contributed by atoms with van der Waals surface area (Å²) in [7, 11) is 0. The number of rotatable bonds is 1. The second kappa shape index (κ2) is 3.48. The number of benzene rings is 1. The molecule has 1 saturated carbocycles. The van der Waals surface area contributed by atoms with Crippen molar-refractivity contribution >= 4 is 11.8 Å². The Labute approximate surface area is 92.1 Å². The lowest BCUT2D eigenvalue weighted by Crippen LogP contribution is -2.10. The van der Waals surface area contributed by atoms with E-state index >= 15 is 0 Å². The fraction of sp³-hybridized carbons (Fsp3) is 0.500. The molecule has 3 rings (SSSR count). The fourth-order valence-corrected chi connectivity index (χ4v) is 3.55. The summed E-state index contributed by atoms with van der Waals surface area (Å²) in [6, 6.07) is 2.78. The smallest absolute Gasteiger partial charge is 0.159 e. The first-order valence-corrected chi connectivity index (χ1v) is 6.36. The lowest BCUT2D eigenvalue weighted by molar-refractivity contribution is 0.493. The highest BCUT2D eigenvalue weighted by Crippen LogP contribution is 2.50. The van der Waals surface area contributed by atoms with E-state index in [1.54, 1.807) is 11.8 Å². The molecule has 1 aliphatic carbocycles. The minimum atomic E-state index is -0.710. The molecule has 1 aliphatic heterocycles. The fourth-order valence-electron chi connectivity index (χ4n) is 2.40. The monoisotopic (exact) mass is 226 g/mol. The molecule has 2 aliphatic rings. The van der Waals surface area contributed by atoms with Crippen LogP contribution in [0.5, 0.6) is 0 Å². The van der Waals surface area contributed by atoms with E-state index in [9.17, 15) is 8.78 Å². The molecule has 1 aromatic rings. The zero-order chi connectivity index (χ0) is 10.4. The molecule has 1 fully saturated rings. The number of halogens is 2. The Morgan fingerprint density at radius 1 is 1.07 bits per heavy atom. The van der Waals surface area contributed by atoms with E-state index in [1.807, 2.05) is 0 Å². The first-order valence-electron chi connectivity index (χ1n) is 5.37. The standard InChI is InChI=1S/C12H12F2S/c13-10-5-9-8(7-1-2-7)3-4-15-12(9)6-11(10)14/h5-8H,1-4H2. The summed E-state index contributed by atoms with van der Waals surface area (Å²) in [6.45, 7) is 0. The van der Waals surface area contributed by atoms with Crippen LogP contribution in [0.1, 0.15) is 30.7 Å². The van der Waals surface area contributed by atoms with Crippen LogP contribution in [0.4, 0.5) is 8.78 Å². The Balaban J connectivity index is 2.05. The van der Waals surface area contributed by atoms with Crippen LogP contribution in [0.3, 0.4) is 0 Å². The molecule has 0 nitrogen and oxygen atoms in total. The molecule has 1 heterocycles. The molecular formula is C12H12F2S. The van der Waals surface area contributed by atoms with Gasteiger partial charge in [-0.3, -0.25) is 0 Å². The Bertz CT molecular complexity index is 399. The second-order valence-electron chi connectivity index (χ2n) is 4.39. The highest BCUT2D eigenvalue weighted by atomic mass is 32.2. The molecule has 0 N–H and O–H groups in total. The molecule has 80 valence electrons. The molecule has 1 unspecified atom stereocenters. The van der Waals surface area contributed by atoms with Crippen molar-refractivity contribution in [2.75, 3.05) is 5.75 Å². The predicted molar refractivity (Wildman–Crippen MR) is 57.2 cm³/mol. The SMILES string of the molecule is Fc1cc2c(cc1F)C(C1CC1)CCS2. The minimum Gasteiger partial charge on any atom is -0.204 e. The van der Waals surface area contributed by atoms with E-state index in [-0.39, 0.29) is 0 Å². The molecule has 0 bridgehead atoms. The number of fused-ring (bicyclic) bond motifs is 1. The van der Waals surface area contributed by atoms with Crippen molar-refractivity contribution in [3.8, 4) is 0 Å². The van der Waals surface area contributed by atoms with Crippen molar-refractivity contribution in [3.63, 3.8) is 0 Å². The molecule has 1 atom stereocenters. The van der Waals surface area contributed by atoms with Gasteiger partial charge in [-0.15, -0.1) is 11.8 Å². The number of thioether (sulfide) groups is 1. The maximum atomic E-state index is 13.2. The van der Waals surface area contributed by atoms with Gasteiger partial charge in [0.1, 0.15) is 0 Å². The van der Waals surface area contributed by atoms with Crippen LogP contribution < -0.4 is 0 Å². The van der Waals surface area contributed by atoms with Gasteiger partial charge in [0.25, 0.3) is 0 Å². The highest BCUT2D eigenvalue weighted by molar-refractivity contribution is 7.99. The highest BCUT2D eigenvalue weighted by Gasteiger charge is 2.35. The zero-order valence-electron chi connectivity index (χ0n) is 8.30. The van der Waals surface area contributed by atoms with Crippen molar-refractivity contribution < 1.29 is 8.78 Å². The van der Waals surface area contributed by atoms with Crippen LogP contribution >= 0.6 is 11.8 Å². The van der Waals surface area contributed by atoms with Gasteiger partial charge in [0.15, 0.2) is 11.6 Å². The van der Waals surface area contributed by atoms with Gasteiger partial charge in [0.05, 0.1) is 0 Å². The molecule has 0 amide bonds. The topological polar surface area (TPSA) is 0 Å². The van der Waals surface area contributed by atoms with Gasteiger partial charge in [0.2, 0.25) is 0 Å². The summed E-state index contributed by atoms with van der Waals surface area (Å²) in [5.41, 5.74) is 1.05. The van der Waals surface area contributed by atoms with Crippen molar-refractivity contribution in [2.24, 2.45) is 5.92 Å². The van der Waals surface area contributed by atoms with Gasteiger partial charge >= 0.3 is 0 Å². The third kappa shape index (κ3) is 1.67. The molecule has 0 spiro atoms. The summed E-state index contributed by atoms with van der Waals surface area (Å²) in [5.74, 6) is 0.852. The van der Waals surface area contributed by atoms with E-state index in [0.29, 0.717) is 5.92 Å². The summed E-state index contributed by atoms with van der Waals surface area (Å²) in [6.07, 6.45) is 3.63. The Kier molecular flexibility index (Phi) is 2.23. The quantitative estimate of drug-likeness (QED) is 0.698. The average molecular weight is 226 g/mol. The lowest BCUT2D eigenvalue weighted by atomic mass is 9.91. The normalized spacial score (nSPS) is 25.1. The van der Waals surface area contributed by atoms with Gasteiger partial charge in [-0.2, -0.15) is 0 Å². The van der Waals surface area contributed by atoms with Crippen molar-refractivity contribution in [3.05, 3.63) is 29.3 Å². The van der Waals surface area contributed by atoms with Gasteiger partial charge in [-0.1, -0.05) is 0 Å². The van der Waals surface area contributed by atoms with Gasteiger partial charge in [0, 0.05) is 4.90 Å². The van der Waals surface area contributed by atoms with E-state index < -0.39 is 11.6 Å². The lowest BCUT2D eigenvalue weighted by Gasteiger charge is -2.25. The molecule has 0 saturated heterocycles. The summed E-state index contributed by atoms with van der Waals surface area (Å²) in [4.78, 5) is 0.956. The molecule has 3 heteroatoms. The first kappa shape index (κ1) is 9.64. The number of hydrogen-bond donors (Lipinski definition) is 0. The third-order valence-corrected chi connectivity index (χ3v) is 4.43. The summed E-state index contributed by atoms with van der Waals surface area (Å²) >= 11 is 1.65. The minimum absolute atomic E-state index is 0.483. The Morgan fingerprint density at radius 3 is 2.53 bits per heavy atom. The van der Waals surface area contributed by atoms with Crippen molar-refractivity contribution in [1.29, 1.82) is 0 Å². The largest absolute Gasteiger partial charge is 0.204 e. The van der Waals surface area contributed by atoms with E-state index in [4.69, 9.17) is 0 Å². The van der Waals surface area contributed by atoms with Gasteiger partial charge < -0.3 is 0 Å². The van der Waals surface area contributed by atoms with Crippen LogP contribution in [-0.2, 0) is 0 Å². The third-order valence-electron chi connectivity index (χ3n) is 3.33. The van der Waals surface area contributed by atoms with Crippen molar-refractivity contribution in [1.82, 2.24) is 0 Å². The van der Waals surface area contributed by atoms with Crippen LogP contribution in [0.15, 0.2) is 17.0 Å². The van der Waals surface area contributed by atoms with E-state index in [0.717, 1.165) is 28.6 Å². The zero-order valence-corrected chi connectivity index (χ0v) is 9.12. The molecule has 1 aromatic carbocycles. The van der Waals surface area contributed by atoms with Crippen molar-refractivity contribution in [2.45, 2.75) is 30.1 Å². The van der Waals surface area contributed by atoms with Crippen LogP contribution in [-0.4, -0.2) is 5.75 Å². The molecule has 0 aromatic heterocycles. The Morgan fingerprint density at radius 2 is 1.80 bits per heavy atom. The van der Waals surface area contributed by atoms with Gasteiger partial charge in [-0.05, 0) is 54.5 Å². The maximum Gasteiger partial charge on any atom is 0.159 e.